The Morgan fingerprint density at radius 1 is 0.615 bits per heavy atom. The Bertz CT molecular complexity index is 951. The van der Waals surface area contributed by atoms with Gasteiger partial charge < -0.3 is 9.47 Å². The number of hydrogen-bond donors (Lipinski definition) is 0. The van der Waals surface area contributed by atoms with Crippen LogP contribution in [0.5, 0.6) is 23.0 Å². The van der Waals surface area contributed by atoms with E-state index in [2.05, 4.69) is 0 Å². The van der Waals surface area contributed by atoms with E-state index in [9.17, 15) is 8.78 Å². The van der Waals surface area contributed by atoms with Crippen molar-refractivity contribution in [1.29, 1.82) is 10.5 Å². The molecule has 0 aromatic heterocycles. The largest absolute Gasteiger partial charge is 0.456 e. The molecule has 3 aromatic rings. The molecule has 126 valence electrons. The van der Waals surface area contributed by atoms with Gasteiger partial charge in [-0.1, -0.05) is 12.1 Å². The van der Waals surface area contributed by atoms with Crippen LogP contribution in [0, 0.1) is 34.3 Å². The Kier molecular flexibility index (Phi) is 4.78. The van der Waals surface area contributed by atoms with Gasteiger partial charge in [-0.25, -0.2) is 8.78 Å². The predicted molar refractivity (Wildman–Crippen MR) is 88.8 cm³/mol. The van der Waals surface area contributed by atoms with Crippen LogP contribution in [0.4, 0.5) is 8.78 Å². The maximum atomic E-state index is 13.6. The molecule has 4 nitrogen and oxygen atoms in total. The molecule has 0 saturated carbocycles. The number of nitriles is 2. The number of rotatable bonds is 4. The van der Waals surface area contributed by atoms with Crippen LogP contribution in [0.15, 0.2) is 60.7 Å². The third-order valence-corrected chi connectivity index (χ3v) is 3.45. The number of nitrogens with zero attached hydrogens (tertiary/aromatic N) is 2. The molecule has 0 saturated heterocycles. The van der Waals surface area contributed by atoms with Crippen molar-refractivity contribution in [3.8, 4) is 35.1 Å². The lowest BCUT2D eigenvalue weighted by Gasteiger charge is -2.10. The fraction of sp³-hybridized carbons (Fsp3) is 0. The molecular formula is C20H10F2N2O2. The highest BCUT2D eigenvalue weighted by Crippen LogP contribution is 2.30. The van der Waals surface area contributed by atoms with Gasteiger partial charge in [0.1, 0.15) is 57.9 Å². The first-order chi connectivity index (χ1) is 12.6. The quantitative estimate of drug-likeness (QED) is 0.642. The summed E-state index contributed by atoms with van der Waals surface area (Å²) >= 11 is 0. The van der Waals surface area contributed by atoms with Crippen LogP contribution in [-0.2, 0) is 0 Å². The standard InChI is InChI=1S/C20H10F2N2O2/c21-17-3-1-5-19(15(17)11-23)25-13-7-9-14(10-8-13)26-20-6-2-4-18(22)16(20)12-24/h1-10H. The molecule has 0 atom stereocenters. The van der Waals surface area contributed by atoms with E-state index in [-0.39, 0.29) is 22.6 Å². The van der Waals surface area contributed by atoms with Crippen molar-refractivity contribution in [2.75, 3.05) is 0 Å². The van der Waals surface area contributed by atoms with E-state index >= 15 is 0 Å². The van der Waals surface area contributed by atoms with Gasteiger partial charge in [-0.3, -0.25) is 0 Å². The highest BCUT2D eigenvalue weighted by atomic mass is 19.1. The number of benzene rings is 3. The fourth-order valence-electron chi connectivity index (χ4n) is 2.23. The second-order valence-corrected chi connectivity index (χ2v) is 5.13. The molecule has 3 aromatic carbocycles. The lowest BCUT2D eigenvalue weighted by atomic mass is 10.2. The van der Waals surface area contributed by atoms with Gasteiger partial charge in [-0.2, -0.15) is 10.5 Å². The molecule has 0 bridgehead atoms. The molecule has 26 heavy (non-hydrogen) atoms. The van der Waals surface area contributed by atoms with Crippen LogP contribution in [0.1, 0.15) is 11.1 Å². The van der Waals surface area contributed by atoms with Crippen LogP contribution in [0.3, 0.4) is 0 Å². The van der Waals surface area contributed by atoms with Crippen LogP contribution >= 0.6 is 0 Å². The zero-order chi connectivity index (χ0) is 18.5. The summed E-state index contributed by atoms with van der Waals surface area (Å²) in [7, 11) is 0. The van der Waals surface area contributed by atoms with E-state index in [1.54, 1.807) is 36.4 Å². The van der Waals surface area contributed by atoms with Gasteiger partial charge in [-0.15, -0.1) is 0 Å². The molecule has 0 aliphatic carbocycles. The van der Waals surface area contributed by atoms with Crippen molar-refractivity contribution < 1.29 is 18.3 Å². The minimum Gasteiger partial charge on any atom is -0.456 e. The van der Waals surface area contributed by atoms with Crippen molar-refractivity contribution in [2.24, 2.45) is 0 Å². The second-order valence-electron chi connectivity index (χ2n) is 5.13. The Labute approximate surface area is 148 Å². The van der Waals surface area contributed by atoms with E-state index < -0.39 is 11.6 Å². The first-order valence-electron chi connectivity index (χ1n) is 7.45. The van der Waals surface area contributed by atoms with E-state index in [1.165, 1.54) is 36.4 Å². The maximum absolute atomic E-state index is 13.6. The van der Waals surface area contributed by atoms with Crippen LogP contribution in [0.2, 0.25) is 0 Å². The molecule has 0 aliphatic heterocycles. The van der Waals surface area contributed by atoms with Gasteiger partial charge in [-0.05, 0) is 48.5 Å². The zero-order valence-corrected chi connectivity index (χ0v) is 13.2. The van der Waals surface area contributed by atoms with E-state index in [4.69, 9.17) is 20.0 Å². The molecule has 0 unspecified atom stereocenters. The maximum Gasteiger partial charge on any atom is 0.148 e. The van der Waals surface area contributed by atoms with Gasteiger partial charge in [0, 0.05) is 0 Å². The molecule has 0 heterocycles. The SMILES string of the molecule is N#Cc1c(F)cccc1Oc1ccc(Oc2cccc(F)c2C#N)cc1. The lowest BCUT2D eigenvalue weighted by Crippen LogP contribution is -1.93. The highest BCUT2D eigenvalue weighted by Gasteiger charge is 2.11. The average Bonchev–Trinajstić information content (AvgIpc) is 2.64. The average molecular weight is 348 g/mol. The van der Waals surface area contributed by atoms with Gasteiger partial charge in [0.15, 0.2) is 0 Å². The summed E-state index contributed by atoms with van der Waals surface area (Å²) in [6, 6.07) is 17.9. The normalized spacial score (nSPS) is 9.85. The molecule has 0 N–H and O–H groups in total. The minimum atomic E-state index is -0.667. The van der Waals surface area contributed by atoms with Crippen molar-refractivity contribution >= 4 is 0 Å². The van der Waals surface area contributed by atoms with Crippen molar-refractivity contribution in [2.45, 2.75) is 0 Å². The van der Waals surface area contributed by atoms with Crippen molar-refractivity contribution in [3.63, 3.8) is 0 Å². The summed E-state index contributed by atoms with van der Waals surface area (Å²) in [4.78, 5) is 0. The Hall–Kier alpha value is -3.90. The third kappa shape index (κ3) is 3.45. The summed E-state index contributed by atoms with van der Waals surface area (Å²) in [5.74, 6) is -0.422. The molecule has 0 amide bonds. The molecular weight excluding hydrogens is 338 g/mol. The van der Waals surface area contributed by atoms with E-state index in [0.29, 0.717) is 11.5 Å². The Balaban J connectivity index is 1.80. The van der Waals surface area contributed by atoms with Crippen LogP contribution in [-0.4, -0.2) is 0 Å². The summed E-state index contributed by atoms with van der Waals surface area (Å²) < 4.78 is 38.2. The summed E-state index contributed by atoms with van der Waals surface area (Å²) in [5.41, 5.74) is -0.377. The first kappa shape index (κ1) is 16.9. The highest BCUT2D eigenvalue weighted by molar-refractivity contribution is 5.48. The van der Waals surface area contributed by atoms with Crippen molar-refractivity contribution in [1.82, 2.24) is 0 Å². The van der Waals surface area contributed by atoms with Crippen molar-refractivity contribution in [3.05, 3.63) is 83.4 Å². The second kappa shape index (κ2) is 7.33. The summed E-state index contributed by atoms with van der Waals surface area (Å²) in [6.07, 6.45) is 0. The predicted octanol–water partition coefficient (Wildman–Crippen LogP) is 5.29. The van der Waals surface area contributed by atoms with Crippen LogP contribution in [0.25, 0.3) is 0 Å². The first-order valence-corrected chi connectivity index (χ1v) is 7.45. The minimum absolute atomic E-state index is 0.0954. The molecule has 0 aliphatic rings. The molecule has 3 rings (SSSR count). The third-order valence-electron chi connectivity index (χ3n) is 3.45. The molecule has 0 spiro atoms. The van der Waals surface area contributed by atoms with E-state index in [0.717, 1.165) is 0 Å². The Morgan fingerprint density at radius 3 is 1.35 bits per heavy atom. The van der Waals surface area contributed by atoms with Crippen LogP contribution < -0.4 is 9.47 Å². The van der Waals surface area contributed by atoms with Gasteiger partial charge >= 0.3 is 0 Å². The van der Waals surface area contributed by atoms with Gasteiger partial charge in [0.2, 0.25) is 0 Å². The fourth-order valence-corrected chi connectivity index (χ4v) is 2.23. The van der Waals surface area contributed by atoms with Gasteiger partial charge in [0.05, 0.1) is 0 Å². The molecule has 0 fully saturated rings. The smallest absolute Gasteiger partial charge is 0.148 e. The molecule has 6 heteroatoms. The summed E-state index contributed by atoms with van der Waals surface area (Å²) in [5, 5.41) is 18.0. The molecule has 0 radical (unpaired) electrons. The lowest BCUT2D eigenvalue weighted by molar-refractivity contribution is 0.462. The monoisotopic (exact) mass is 348 g/mol. The number of hydrogen-bond acceptors (Lipinski definition) is 4. The zero-order valence-electron chi connectivity index (χ0n) is 13.2. The topological polar surface area (TPSA) is 66.0 Å². The Morgan fingerprint density at radius 2 is 1.00 bits per heavy atom. The number of halogens is 2. The van der Waals surface area contributed by atoms with Gasteiger partial charge in [0.25, 0.3) is 0 Å². The number of ether oxygens (including phenoxy) is 2. The summed E-state index contributed by atoms with van der Waals surface area (Å²) in [6.45, 7) is 0. The van der Waals surface area contributed by atoms with E-state index in [1.807, 2.05) is 0 Å².